The largest absolute Gasteiger partial charge is 0.488 e. The lowest BCUT2D eigenvalue weighted by molar-refractivity contribution is 0.221. The Morgan fingerprint density at radius 2 is 2.05 bits per heavy atom. The van der Waals surface area contributed by atoms with Crippen molar-refractivity contribution in [3.63, 3.8) is 0 Å². The fourth-order valence-corrected chi connectivity index (χ4v) is 3.05. The third kappa shape index (κ3) is 3.86. The lowest BCUT2D eigenvalue weighted by Gasteiger charge is -2.29. The Balaban J connectivity index is 1.48. The Morgan fingerprint density at radius 3 is 2.86 bits per heavy atom. The molecule has 1 fully saturated rings. The molecule has 3 heterocycles. The number of nitrogens with zero attached hydrogens (tertiary/aromatic N) is 2. The van der Waals surface area contributed by atoms with Crippen LogP contribution in [0, 0.1) is 0 Å². The zero-order valence-corrected chi connectivity index (χ0v) is 12.6. The SMILES string of the molecule is c1cncc(OCCOc2sccc2N2CCNCC2)c1. The van der Waals surface area contributed by atoms with E-state index in [2.05, 4.69) is 26.6 Å². The minimum atomic E-state index is 0.518. The topological polar surface area (TPSA) is 46.6 Å². The maximum absolute atomic E-state index is 5.86. The van der Waals surface area contributed by atoms with Crippen molar-refractivity contribution in [2.75, 3.05) is 44.3 Å². The van der Waals surface area contributed by atoms with Gasteiger partial charge in [-0.2, -0.15) is 0 Å². The van der Waals surface area contributed by atoms with Crippen LogP contribution in [0.5, 0.6) is 10.8 Å². The molecular formula is C15H19N3O2S. The molecule has 21 heavy (non-hydrogen) atoms. The zero-order chi connectivity index (χ0) is 14.3. The van der Waals surface area contributed by atoms with Crippen molar-refractivity contribution in [1.82, 2.24) is 10.3 Å². The molecule has 3 rings (SSSR count). The highest BCUT2D eigenvalue weighted by Crippen LogP contribution is 2.34. The lowest BCUT2D eigenvalue weighted by atomic mass is 10.3. The molecule has 0 unspecified atom stereocenters. The van der Waals surface area contributed by atoms with Crippen LogP contribution < -0.4 is 19.7 Å². The average Bonchev–Trinajstić information content (AvgIpc) is 3.02. The smallest absolute Gasteiger partial charge is 0.197 e. The van der Waals surface area contributed by atoms with E-state index < -0.39 is 0 Å². The highest BCUT2D eigenvalue weighted by atomic mass is 32.1. The van der Waals surface area contributed by atoms with Crippen LogP contribution in [0.3, 0.4) is 0 Å². The molecule has 112 valence electrons. The molecule has 0 bridgehead atoms. The van der Waals surface area contributed by atoms with Gasteiger partial charge in [-0.25, -0.2) is 0 Å². The van der Waals surface area contributed by atoms with E-state index in [0.717, 1.165) is 37.0 Å². The van der Waals surface area contributed by atoms with Crippen LogP contribution in [-0.4, -0.2) is 44.4 Å². The molecule has 1 aliphatic rings. The predicted molar refractivity (Wildman–Crippen MR) is 84.6 cm³/mol. The molecule has 0 radical (unpaired) electrons. The summed E-state index contributed by atoms with van der Waals surface area (Å²) < 4.78 is 11.4. The molecule has 0 saturated carbocycles. The molecule has 0 aromatic carbocycles. The van der Waals surface area contributed by atoms with Gasteiger partial charge in [0, 0.05) is 32.4 Å². The first-order valence-corrected chi connectivity index (χ1v) is 8.00. The number of rotatable bonds is 6. The average molecular weight is 305 g/mol. The van der Waals surface area contributed by atoms with Crippen LogP contribution in [0.2, 0.25) is 0 Å². The summed E-state index contributed by atoms with van der Waals surface area (Å²) in [5, 5.41) is 6.42. The molecule has 0 atom stereocenters. The van der Waals surface area contributed by atoms with Gasteiger partial charge >= 0.3 is 0 Å². The predicted octanol–water partition coefficient (Wildman–Crippen LogP) is 2.01. The minimum absolute atomic E-state index is 0.518. The maximum Gasteiger partial charge on any atom is 0.197 e. The van der Waals surface area contributed by atoms with Crippen molar-refractivity contribution in [1.29, 1.82) is 0 Å². The van der Waals surface area contributed by atoms with Crippen LogP contribution >= 0.6 is 11.3 Å². The summed E-state index contributed by atoms with van der Waals surface area (Å²) in [6.45, 7) is 5.16. The summed E-state index contributed by atoms with van der Waals surface area (Å²) in [6, 6.07) is 5.88. The van der Waals surface area contributed by atoms with Crippen molar-refractivity contribution < 1.29 is 9.47 Å². The number of ether oxygens (including phenoxy) is 2. The molecule has 1 N–H and O–H groups in total. The van der Waals surface area contributed by atoms with Crippen LogP contribution in [0.4, 0.5) is 5.69 Å². The van der Waals surface area contributed by atoms with Crippen molar-refractivity contribution in [2.24, 2.45) is 0 Å². The van der Waals surface area contributed by atoms with Gasteiger partial charge in [-0.05, 0) is 23.6 Å². The van der Waals surface area contributed by atoms with Crippen LogP contribution in [0.15, 0.2) is 36.0 Å². The molecule has 1 aliphatic heterocycles. The fourth-order valence-electron chi connectivity index (χ4n) is 2.26. The summed E-state index contributed by atoms with van der Waals surface area (Å²) in [5.74, 6) is 0.773. The van der Waals surface area contributed by atoms with Gasteiger partial charge in [0.25, 0.3) is 0 Å². The normalized spacial score (nSPS) is 15.0. The van der Waals surface area contributed by atoms with Crippen molar-refractivity contribution >= 4 is 17.0 Å². The van der Waals surface area contributed by atoms with Gasteiger partial charge in [0.1, 0.15) is 19.0 Å². The van der Waals surface area contributed by atoms with E-state index in [1.165, 1.54) is 5.69 Å². The number of nitrogens with one attached hydrogen (secondary N) is 1. The molecule has 0 spiro atoms. The van der Waals surface area contributed by atoms with E-state index in [1.807, 2.05) is 12.1 Å². The third-order valence-electron chi connectivity index (χ3n) is 3.29. The standard InChI is InChI=1S/C15H19N3O2S/c1-2-13(12-17-4-1)19-9-10-20-15-14(3-11-21-15)18-7-5-16-6-8-18/h1-4,11-12,16H,5-10H2. The van der Waals surface area contributed by atoms with E-state index in [4.69, 9.17) is 9.47 Å². The molecule has 2 aromatic heterocycles. The van der Waals surface area contributed by atoms with Gasteiger partial charge in [0.2, 0.25) is 0 Å². The van der Waals surface area contributed by atoms with E-state index in [9.17, 15) is 0 Å². The quantitative estimate of drug-likeness (QED) is 0.827. The molecule has 5 nitrogen and oxygen atoms in total. The lowest BCUT2D eigenvalue weighted by Crippen LogP contribution is -2.43. The Hall–Kier alpha value is -1.79. The molecule has 2 aromatic rings. The third-order valence-corrected chi connectivity index (χ3v) is 4.10. The molecule has 1 saturated heterocycles. The summed E-state index contributed by atoms with van der Waals surface area (Å²) in [5.41, 5.74) is 1.20. The fraction of sp³-hybridized carbons (Fsp3) is 0.400. The monoisotopic (exact) mass is 305 g/mol. The van der Waals surface area contributed by atoms with Gasteiger partial charge in [0.15, 0.2) is 5.06 Å². The van der Waals surface area contributed by atoms with Gasteiger partial charge in [-0.15, -0.1) is 11.3 Å². The second kappa shape index (κ2) is 7.28. The second-order valence-corrected chi connectivity index (χ2v) is 5.59. The molecular weight excluding hydrogens is 286 g/mol. The Kier molecular flexibility index (Phi) is 4.91. The molecule has 6 heteroatoms. The summed E-state index contributed by atoms with van der Waals surface area (Å²) >= 11 is 1.64. The van der Waals surface area contributed by atoms with Crippen molar-refractivity contribution in [2.45, 2.75) is 0 Å². The first-order chi connectivity index (χ1) is 10.4. The van der Waals surface area contributed by atoms with Crippen molar-refractivity contribution in [3.05, 3.63) is 36.0 Å². The van der Waals surface area contributed by atoms with Crippen LogP contribution in [-0.2, 0) is 0 Å². The number of hydrogen-bond donors (Lipinski definition) is 1. The maximum atomic E-state index is 5.86. The van der Waals surface area contributed by atoms with Crippen molar-refractivity contribution in [3.8, 4) is 10.8 Å². The van der Waals surface area contributed by atoms with Crippen LogP contribution in [0.25, 0.3) is 0 Å². The molecule has 0 amide bonds. The number of thiophene rings is 1. The first-order valence-electron chi connectivity index (χ1n) is 7.12. The summed E-state index contributed by atoms with van der Waals surface area (Å²) in [7, 11) is 0. The van der Waals surface area contributed by atoms with E-state index in [0.29, 0.717) is 13.2 Å². The highest BCUT2D eigenvalue weighted by Gasteiger charge is 2.16. The first kappa shape index (κ1) is 14.2. The van der Waals surface area contributed by atoms with Gasteiger partial charge in [-0.1, -0.05) is 0 Å². The molecule has 0 aliphatic carbocycles. The minimum Gasteiger partial charge on any atom is -0.488 e. The summed E-state index contributed by atoms with van der Waals surface area (Å²) in [6.07, 6.45) is 3.44. The zero-order valence-electron chi connectivity index (χ0n) is 11.8. The number of pyridine rings is 1. The Morgan fingerprint density at radius 1 is 1.19 bits per heavy atom. The number of aromatic nitrogens is 1. The number of anilines is 1. The van der Waals surface area contributed by atoms with Gasteiger partial charge < -0.3 is 19.7 Å². The van der Waals surface area contributed by atoms with Gasteiger partial charge in [0.05, 0.1) is 11.9 Å². The van der Waals surface area contributed by atoms with E-state index in [1.54, 1.807) is 23.7 Å². The van der Waals surface area contributed by atoms with Crippen LogP contribution in [0.1, 0.15) is 0 Å². The Labute approximate surface area is 128 Å². The highest BCUT2D eigenvalue weighted by molar-refractivity contribution is 7.12. The van der Waals surface area contributed by atoms with E-state index >= 15 is 0 Å². The number of hydrogen-bond acceptors (Lipinski definition) is 6. The van der Waals surface area contributed by atoms with Gasteiger partial charge in [-0.3, -0.25) is 4.98 Å². The Bertz CT molecular complexity index is 541. The number of piperazine rings is 1. The second-order valence-electron chi connectivity index (χ2n) is 4.72. The van der Waals surface area contributed by atoms with E-state index in [-0.39, 0.29) is 0 Å². The summed E-state index contributed by atoms with van der Waals surface area (Å²) in [4.78, 5) is 6.38.